The molecule has 1 heterocycles. The molecule has 4 rings (SSSR count). The molecule has 5 heteroatoms. The van der Waals surface area contributed by atoms with Crippen molar-refractivity contribution < 1.29 is 18.7 Å². The van der Waals surface area contributed by atoms with Crippen molar-refractivity contribution in [1.82, 2.24) is 0 Å². The number of carbonyl (C=O) groups excluding carboxylic acids is 1. The SMILES string of the molecule is Cc1ccc(-c2oc3ccccc3c(=O)c2OC(=O)COc2ccccc2)cc1. The quantitative estimate of drug-likeness (QED) is 0.463. The molecule has 29 heavy (non-hydrogen) atoms. The number of carbonyl (C=O) groups is 1. The monoisotopic (exact) mass is 386 g/mol. The average molecular weight is 386 g/mol. The zero-order valence-electron chi connectivity index (χ0n) is 15.8. The van der Waals surface area contributed by atoms with Crippen LogP contribution in [0.3, 0.4) is 0 Å². The van der Waals surface area contributed by atoms with Crippen LogP contribution in [0.5, 0.6) is 11.5 Å². The van der Waals surface area contributed by atoms with Crippen molar-refractivity contribution in [2.24, 2.45) is 0 Å². The first kappa shape index (κ1) is 18.5. The van der Waals surface area contributed by atoms with Gasteiger partial charge in [-0.05, 0) is 31.2 Å². The molecule has 0 spiro atoms. The summed E-state index contributed by atoms with van der Waals surface area (Å²) in [7, 11) is 0. The van der Waals surface area contributed by atoms with Crippen LogP contribution in [0.2, 0.25) is 0 Å². The summed E-state index contributed by atoms with van der Waals surface area (Å²) in [6.45, 7) is 1.63. The van der Waals surface area contributed by atoms with E-state index in [9.17, 15) is 9.59 Å². The normalized spacial score (nSPS) is 10.7. The van der Waals surface area contributed by atoms with Gasteiger partial charge in [-0.25, -0.2) is 4.79 Å². The van der Waals surface area contributed by atoms with Gasteiger partial charge in [-0.2, -0.15) is 0 Å². The molecule has 0 aliphatic carbocycles. The Kier molecular flexibility index (Phi) is 5.12. The maximum atomic E-state index is 13.0. The number of aryl methyl sites for hydroxylation is 1. The molecular formula is C24H18O5. The van der Waals surface area contributed by atoms with Crippen LogP contribution in [0, 0.1) is 6.92 Å². The smallest absolute Gasteiger partial charge is 0.349 e. The Morgan fingerprint density at radius 1 is 0.897 bits per heavy atom. The van der Waals surface area contributed by atoms with Crippen LogP contribution in [-0.4, -0.2) is 12.6 Å². The lowest BCUT2D eigenvalue weighted by Gasteiger charge is -2.11. The predicted octanol–water partition coefficient (Wildman–Crippen LogP) is 4.75. The highest BCUT2D eigenvalue weighted by Crippen LogP contribution is 2.31. The maximum Gasteiger partial charge on any atom is 0.349 e. The second kappa shape index (κ2) is 8.02. The van der Waals surface area contributed by atoms with E-state index in [0.29, 0.717) is 22.3 Å². The largest absolute Gasteiger partial charge is 0.482 e. The Balaban J connectivity index is 1.70. The zero-order chi connectivity index (χ0) is 20.2. The molecule has 0 aliphatic heterocycles. The third-order valence-corrected chi connectivity index (χ3v) is 4.39. The van der Waals surface area contributed by atoms with Crippen molar-refractivity contribution in [1.29, 1.82) is 0 Å². The molecule has 1 aromatic heterocycles. The number of fused-ring (bicyclic) bond motifs is 1. The van der Waals surface area contributed by atoms with Crippen molar-refractivity contribution in [2.45, 2.75) is 6.92 Å². The second-order valence-corrected chi connectivity index (χ2v) is 6.53. The van der Waals surface area contributed by atoms with Gasteiger partial charge in [0.05, 0.1) is 5.39 Å². The molecule has 3 aromatic carbocycles. The number of esters is 1. The van der Waals surface area contributed by atoms with E-state index in [0.717, 1.165) is 5.56 Å². The van der Waals surface area contributed by atoms with Crippen LogP contribution in [0.25, 0.3) is 22.3 Å². The summed E-state index contributed by atoms with van der Waals surface area (Å²) < 4.78 is 16.8. The summed E-state index contributed by atoms with van der Waals surface area (Å²) in [6, 6.07) is 23.2. The fraction of sp³-hybridized carbons (Fsp3) is 0.0833. The van der Waals surface area contributed by atoms with Gasteiger partial charge in [-0.15, -0.1) is 0 Å². The first-order chi connectivity index (χ1) is 14.1. The number of rotatable bonds is 5. The van der Waals surface area contributed by atoms with Crippen LogP contribution in [0.4, 0.5) is 0 Å². The van der Waals surface area contributed by atoms with Gasteiger partial charge in [0.25, 0.3) is 0 Å². The lowest BCUT2D eigenvalue weighted by Crippen LogP contribution is -2.21. The van der Waals surface area contributed by atoms with Gasteiger partial charge in [0.1, 0.15) is 11.3 Å². The molecule has 0 fully saturated rings. The average Bonchev–Trinajstić information content (AvgIpc) is 2.75. The molecule has 144 valence electrons. The topological polar surface area (TPSA) is 65.7 Å². The van der Waals surface area contributed by atoms with E-state index in [4.69, 9.17) is 13.9 Å². The van der Waals surface area contributed by atoms with E-state index in [1.807, 2.05) is 37.3 Å². The number of hydrogen-bond donors (Lipinski definition) is 0. The summed E-state index contributed by atoms with van der Waals surface area (Å²) in [5.41, 5.74) is 1.72. The number of benzene rings is 3. The van der Waals surface area contributed by atoms with Gasteiger partial charge in [-0.1, -0.05) is 60.2 Å². The standard InChI is InChI=1S/C24H18O5/c1-16-11-13-17(14-12-16)23-24(22(26)19-9-5-6-10-20(19)28-23)29-21(25)15-27-18-7-3-2-4-8-18/h2-14H,15H2,1H3. The molecule has 0 saturated heterocycles. The first-order valence-corrected chi connectivity index (χ1v) is 9.13. The van der Waals surface area contributed by atoms with Gasteiger partial charge in [-0.3, -0.25) is 4.79 Å². The Bertz CT molecular complexity index is 1210. The summed E-state index contributed by atoms with van der Waals surface area (Å²) in [6.07, 6.45) is 0. The molecule has 0 bridgehead atoms. The Morgan fingerprint density at radius 3 is 2.34 bits per heavy atom. The Morgan fingerprint density at radius 2 is 1.59 bits per heavy atom. The molecule has 0 unspecified atom stereocenters. The van der Waals surface area contributed by atoms with Crippen LogP contribution >= 0.6 is 0 Å². The predicted molar refractivity (Wildman–Crippen MR) is 110 cm³/mol. The van der Waals surface area contributed by atoms with Crippen molar-refractivity contribution in [3.05, 3.63) is 94.6 Å². The Hall–Kier alpha value is -3.86. The molecule has 0 atom stereocenters. The second-order valence-electron chi connectivity index (χ2n) is 6.53. The van der Waals surface area contributed by atoms with E-state index in [2.05, 4.69) is 0 Å². The van der Waals surface area contributed by atoms with E-state index in [1.54, 1.807) is 48.5 Å². The fourth-order valence-corrected chi connectivity index (χ4v) is 2.91. The number of hydrogen-bond acceptors (Lipinski definition) is 5. The lowest BCUT2D eigenvalue weighted by molar-refractivity contribution is -0.136. The summed E-state index contributed by atoms with van der Waals surface area (Å²) >= 11 is 0. The summed E-state index contributed by atoms with van der Waals surface area (Å²) in [5, 5.41) is 0.343. The molecule has 0 amide bonds. The minimum atomic E-state index is -0.690. The maximum absolute atomic E-state index is 13.0. The minimum Gasteiger partial charge on any atom is -0.482 e. The minimum absolute atomic E-state index is 0.144. The van der Waals surface area contributed by atoms with Crippen LogP contribution < -0.4 is 14.9 Å². The van der Waals surface area contributed by atoms with Gasteiger partial charge < -0.3 is 13.9 Å². The highest BCUT2D eigenvalue weighted by Gasteiger charge is 2.20. The van der Waals surface area contributed by atoms with Crippen molar-refractivity contribution in [3.8, 4) is 22.8 Å². The van der Waals surface area contributed by atoms with Crippen molar-refractivity contribution in [3.63, 3.8) is 0 Å². The van der Waals surface area contributed by atoms with Crippen LogP contribution in [-0.2, 0) is 4.79 Å². The molecule has 0 saturated carbocycles. The third kappa shape index (κ3) is 4.04. The number of para-hydroxylation sites is 2. The van der Waals surface area contributed by atoms with Crippen LogP contribution in [0.1, 0.15) is 5.56 Å². The Labute approximate surface area is 167 Å². The molecular weight excluding hydrogens is 368 g/mol. The molecule has 0 aliphatic rings. The van der Waals surface area contributed by atoms with Crippen LogP contribution in [0.15, 0.2) is 88.1 Å². The van der Waals surface area contributed by atoms with Crippen molar-refractivity contribution in [2.75, 3.05) is 6.61 Å². The molecule has 0 N–H and O–H groups in total. The van der Waals surface area contributed by atoms with E-state index < -0.39 is 11.4 Å². The van der Waals surface area contributed by atoms with E-state index in [-0.39, 0.29) is 18.1 Å². The third-order valence-electron chi connectivity index (χ3n) is 4.39. The fourth-order valence-electron chi connectivity index (χ4n) is 2.91. The van der Waals surface area contributed by atoms with Gasteiger partial charge in [0.15, 0.2) is 12.4 Å². The first-order valence-electron chi connectivity index (χ1n) is 9.13. The van der Waals surface area contributed by atoms with Gasteiger partial charge in [0.2, 0.25) is 11.2 Å². The number of ether oxygens (including phenoxy) is 2. The van der Waals surface area contributed by atoms with Gasteiger partial charge >= 0.3 is 5.97 Å². The highest BCUT2D eigenvalue weighted by molar-refractivity contribution is 5.84. The highest BCUT2D eigenvalue weighted by atomic mass is 16.6. The molecule has 0 radical (unpaired) electrons. The zero-order valence-corrected chi connectivity index (χ0v) is 15.8. The summed E-state index contributed by atoms with van der Waals surface area (Å²) in [4.78, 5) is 25.4. The van der Waals surface area contributed by atoms with Crippen molar-refractivity contribution >= 4 is 16.9 Å². The van der Waals surface area contributed by atoms with E-state index in [1.165, 1.54) is 0 Å². The molecule has 5 nitrogen and oxygen atoms in total. The van der Waals surface area contributed by atoms with E-state index >= 15 is 0 Å². The summed E-state index contributed by atoms with van der Waals surface area (Å²) in [5.74, 6) is -0.0884. The molecule has 4 aromatic rings. The lowest BCUT2D eigenvalue weighted by atomic mass is 10.1. The van der Waals surface area contributed by atoms with Gasteiger partial charge in [0, 0.05) is 5.56 Å².